The molecule has 0 aliphatic carbocycles. The molecule has 102 valence electrons. The minimum atomic E-state index is 0.630. The summed E-state index contributed by atoms with van der Waals surface area (Å²) in [5.41, 5.74) is 5.92. The fourth-order valence-electron chi connectivity index (χ4n) is 2.62. The van der Waals surface area contributed by atoms with Crippen molar-refractivity contribution < 1.29 is 0 Å². The van der Waals surface area contributed by atoms with Crippen molar-refractivity contribution in [2.75, 3.05) is 39.8 Å². The van der Waals surface area contributed by atoms with E-state index in [9.17, 15) is 0 Å². The van der Waals surface area contributed by atoms with E-state index in [4.69, 9.17) is 5.73 Å². The topological polar surface area (TPSA) is 32.5 Å². The molecule has 3 heteroatoms. The normalized spacial score (nSPS) is 20.6. The average molecular weight is 241 g/mol. The molecule has 0 aromatic heterocycles. The standard InChI is InChI=1S/C14H31N3/c1-3-4-5-6-7-8-14(13-15)17-11-9-16(2)10-12-17/h14H,3-13,15H2,1-2H3. The third kappa shape index (κ3) is 5.84. The largest absolute Gasteiger partial charge is 0.329 e. The summed E-state index contributed by atoms with van der Waals surface area (Å²) in [5, 5.41) is 0. The smallest absolute Gasteiger partial charge is 0.0219 e. The molecule has 2 N–H and O–H groups in total. The van der Waals surface area contributed by atoms with E-state index in [0.717, 1.165) is 6.54 Å². The van der Waals surface area contributed by atoms with E-state index < -0.39 is 0 Å². The SMILES string of the molecule is CCCCCCCC(CN)N1CCN(C)CC1. The maximum Gasteiger partial charge on any atom is 0.0219 e. The lowest BCUT2D eigenvalue weighted by molar-refractivity contribution is 0.108. The molecule has 0 aromatic rings. The summed E-state index contributed by atoms with van der Waals surface area (Å²) in [5.74, 6) is 0. The van der Waals surface area contributed by atoms with Crippen LogP contribution >= 0.6 is 0 Å². The Morgan fingerprint density at radius 3 is 2.24 bits per heavy atom. The zero-order chi connectivity index (χ0) is 12.5. The van der Waals surface area contributed by atoms with Crippen molar-refractivity contribution in [3.63, 3.8) is 0 Å². The molecule has 1 aliphatic rings. The maximum atomic E-state index is 5.92. The first-order chi connectivity index (χ1) is 8.27. The van der Waals surface area contributed by atoms with Gasteiger partial charge < -0.3 is 10.6 Å². The summed E-state index contributed by atoms with van der Waals surface area (Å²) in [6, 6.07) is 0.630. The van der Waals surface area contributed by atoms with Gasteiger partial charge in [-0.15, -0.1) is 0 Å². The molecule has 0 amide bonds. The van der Waals surface area contributed by atoms with Gasteiger partial charge in [-0.05, 0) is 13.5 Å². The van der Waals surface area contributed by atoms with Crippen LogP contribution in [0.1, 0.15) is 45.4 Å². The van der Waals surface area contributed by atoms with Gasteiger partial charge >= 0.3 is 0 Å². The lowest BCUT2D eigenvalue weighted by Gasteiger charge is -2.37. The molecule has 1 atom stereocenters. The number of nitrogens with zero attached hydrogens (tertiary/aromatic N) is 2. The summed E-state index contributed by atoms with van der Waals surface area (Å²) in [6.45, 7) is 7.91. The van der Waals surface area contributed by atoms with E-state index in [0.29, 0.717) is 6.04 Å². The van der Waals surface area contributed by atoms with Gasteiger partial charge in [-0.3, -0.25) is 4.90 Å². The molecular formula is C14H31N3. The van der Waals surface area contributed by atoms with Gasteiger partial charge in [0.25, 0.3) is 0 Å². The second-order valence-electron chi connectivity index (χ2n) is 5.43. The second kappa shape index (κ2) is 8.90. The minimum Gasteiger partial charge on any atom is -0.329 e. The predicted octanol–water partition coefficient (Wildman–Crippen LogP) is 1.92. The van der Waals surface area contributed by atoms with Gasteiger partial charge in [0.1, 0.15) is 0 Å². The Balaban J connectivity index is 2.14. The monoisotopic (exact) mass is 241 g/mol. The highest BCUT2D eigenvalue weighted by Crippen LogP contribution is 2.13. The van der Waals surface area contributed by atoms with Gasteiger partial charge in [-0.2, -0.15) is 0 Å². The van der Waals surface area contributed by atoms with Crippen molar-refractivity contribution in [2.24, 2.45) is 5.73 Å². The fourth-order valence-corrected chi connectivity index (χ4v) is 2.62. The van der Waals surface area contributed by atoms with E-state index in [1.165, 1.54) is 64.7 Å². The maximum absolute atomic E-state index is 5.92. The van der Waals surface area contributed by atoms with Crippen LogP contribution in [0.15, 0.2) is 0 Å². The van der Waals surface area contributed by atoms with Gasteiger partial charge in [0, 0.05) is 38.8 Å². The summed E-state index contributed by atoms with van der Waals surface area (Å²) >= 11 is 0. The van der Waals surface area contributed by atoms with Gasteiger partial charge in [0.15, 0.2) is 0 Å². The molecule has 1 heterocycles. The molecule has 0 aromatic carbocycles. The first-order valence-corrected chi connectivity index (χ1v) is 7.40. The van der Waals surface area contributed by atoms with Crippen molar-refractivity contribution in [1.29, 1.82) is 0 Å². The zero-order valence-corrected chi connectivity index (χ0v) is 11.8. The quantitative estimate of drug-likeness (QED) is 0.659. The van der Waals surface area contributed by atoms with Crippen LogP contribution < -0.4 is 5.73 Å². The Kier molecular flexibility index (Phi) is 7.82. The molecule has 1 unspecified atom stereocenters. The van der Waals surface area contributed by atoms with Gasteiger partial charge in [0.05, 0.1) is 0 Å². The predicted molar refractivity (Wildman–Crippen MR) is 75.3 cm³/mol. The van der Waals surface area contributed by atoms with Crippen molar-refractivity contribution in [2.45, 2.75) is 51.5 Å². The third-order valence-electron chi connectivity index (χ3n) is 3.97. The highest BCUT2D eigenvalue weighted by Gasteiger charge is 2.20. The highest BCUT2D eigenvalue weighted by molar-refractivity contribution is 4.78. The van der Waals surface area contributed by atoms with Crippen LogP contribution in [0.25, 0.3) is 0 Å². The minimum absolute atomic E-state index is 0.630. The Morgan fingerprint density at radius 2 is 1.65 bits per heavy atom. The third-order valence-corrected chi connectivity index (χ3v) is 3.97. The Morgan fingerprint density at radius 1 is 1.00 bits per heavy atom. The van der Waals surface area contributed by atoms with Crippen molar-refractivity contribution in [3.05, 3.63) is 0 Å². The molecule has 1 aliphatic heterocycles. The average Bonchev–Trinajstić information content (AvgIpc) is 2.35. The van der Waals surface area contributed by atoms with E-state index >= 15 is 0 Å². The molecule has 0 saturated carbocycles. The van der Waals surface area contributed by atoms with E-state index in [2.05, 4.69) is 23.8 Å². The van der Waals surface area contributed by atoms with Crippen LogP contribution in [-0.4, -0.2) is 55.6 Å². The van der Waals surface area contributed by atoms with Crippen LogP contribution in [0.3, 0.4) is 0 Å². The number of piperazine rings is 1. The van der Waals surface area contributed by atoms with E-state index in [1.54, 1.807) is 0 Å². The fraction of sp³-hybridized carbons (Fsp3) is 1.00. The summed E-state index contributed by atoms with van der Waals surface area (Å²) in [4.78, 5) is 5.01. The first kappa shape index (κ1) is 14.9. The molecule has 0 radical (unpaired) electrons. The number of likely N-dealkylation sites (N-methyl/N-ethyl adjacent to an activating group) is 1. The number of rotatable bonds is 8. The van der Waals surface area contributed by atoms with Crippen LogP contribution in [0.5, 0.6) is 0 Å². The lowest BCUT2D eigenvalue weighted by atomic mass is 10.0. The van der Waals surface area contributed by atoms with Crippen molar-refractivity contribution in [1.82, 2.24) is 9.80 Å². The lowest BCUT2D eigenvalue weighted by Crippen LogP contribution is -2.51. The first-order valence-electron chi connectivity index (χ1n) is 7.40. The molecular weight excluding hydrogens is 210 g/mol. The molecule has 1 rings (SSSR count). The van der Waals surface area contributed by atoms with E-state index in [-0.39, 0.29) is 0 Å². The molecule has 1 saturated heterocycles. The second-order valence-corrected chi connectivity index (χ2v) is 5.43. The molecule has 0 spiro atoms. The molecule has 3 nitrogen and oxygen atoms in total. The Bertz CT molecular complexity index is 176. The number of hydrogen-bond acceptors (Lipinski definition) is 3. The Hall–Kier alpha value is -0.120. The summed E-state index contributed by atoms with van der Waals surface area (Å²) in [6.07, 6.45) is 8.16. The highest BCUT2D eigenvalue weighted by atomic mass is 15.3. The molecule has 17 heavy (non-hydrogen) atoms. The van der Waals surface area contributed by atoms with Crippen molar-refractivity contribution in [3.8, 4) is 0 Å². The van der Waals surface area contributed by atoms with Gasteiger partial charge in [0.2, 0.25) is 0 Å². The van der Waals surface area contributed by atoms with Crippen LogP contribution in [-0.2, 0) is 0 Å². The number of nitrogens with two attached hydrogens (primary N) is 1. The van der Waals surface area contributed by atoms with E-state index in [1.807, 2.05) is 0 Å². The van der Waals surface area contributed by atoms with Crippen LogP contribution in [0, 0.1) is 0 Å². The Labute approximate surface area is 107 Å². The van der Waals surface area contributed by atoms with Gasteiger partial charge in [-0.1, -0.05) is 39.0 Å². The van der Waals surface area contributed by atoms with Crippen molar-refractivity contribution >= 4 is 0 Å². The zero-order valence-electron chi connectivity index (χ0n) is 11.8. The van der Waals surface area contributed by atoms with Crippen LogP contribution in [0.4, 0.5) is 0 Å². The number of unbranched alkanes of at least 4 members (excludes halogenated alkanes) is 4. The van der Waals surface area contributed by atoms with Crippen LogP contribution in [0.2, 0.25) is 0 Å². The molecule has 0 bridgehead atoms. The van der Waals surface area contributed by atoms with Gasteiger partial charge in [-0.25, -0.2) is 0 Å². The summed E-state index contributed by atoms with van der Waals surface area (Å²) < 4.78 is 0. The summed E-state index contributed by atoms with van der Waals surface area (Å²) in [7, 11) is 2.21. The molecule has 1 fully saturated rings. The number of hydrogen-bond donors (Lipinski definition) is 1.